The standard InChI is InChI=1S/C12H22N2O2/c1-2-13-6-3-12(10-13)4-7-14(8-5-12)11(16)9-15/h15H,2-10H2,1H3. The molecule has 1 amide bonds. The smallest absolute Gasteiger partial charge is 0.248 e. The summed E-state index contributed by atoms with van der Waals surface area (Å²) in [5.41, 5.74) is 0.461. The molecule has 0 aromatic heterocycles. The Labute approximate surface area is 97.2 Å². The summed E-state index contributed by atoms with van der Waals surface area (Å²) in [7, 11) is 0. The number of aliphatic hydroxyl groups is 1. The van der Waals surface area contributed by atoms with Crippen LogP contribution >= 0.6 is 0 Å². The highest BCUT2D eigenvalue weighted by atomic mass is 16.3. The Kier molecular flexibility index (Phi) is 3.50. The van der Waals surface area contributed by atoms with E-state index in [-0.39, 0.29) is 12.5 Å². The van der Waals surface area contributed by atoms with Crippen molar-refractivity contribution in [1.29, 1.82) is 0 Å². The molecule has 2 aliphatic heterocycles. The van der Waals surface area contributed by atoms with Crippen LogP contribution in [0.15, 0.2) is 0 Å². The van der Waals surface area contributed by atoms with Gasteiger partial charge in [0.15, 0.2) is 0 Å². The normalized spacial score (nSPS) is 25.2. The van der Waals surface area contributed by atoms with Crippen LogP contribution in [-0.4, -0.2) is 60.1 Å². The van der Waals surface area contributed by atoms with Crippen LogP contribution < -0.4 is 0 Å². The fourth-order valence-electron chi connectivity index (χ4n) is 3.04. The average molecular weight is 226 g/mol. The van der Waals surface area contributed by atoms with Gasteiger partial charge in [0, 0.05) is 19.6 Å². The molecule has 2 rings (SSSR count). The lowest BCUT2D eigenvalue weighted by Crippen LogP contribution is -2.45. The van der Waals surface area contributed by atoms with Gasteiger partial charge in [-0.1, -0.05) is 6.92 Å². The maximum atomic E-state index is 11.4. The predicted octanol–water partition coefficient (Wildman–Crippen LogP) is 0.313. The topological polar surface area (TPSA) is 43.8 Å². The molecule has 4 heteroatoms. The van der Waals surface area contributed by atoms with Gasteiger partial charge in [-0.2, -0.15) is 0 Å². The van der Waals surface area contributed by atoms with Crippen molar-refractivity contribution < 1.29 is 9.90 Å². The molecular formula is C12H22N2O2. The minimum absolute atomic E-state index is 0.111. The van der Waals surface area contributed by atoms with Crippen LogP contribution in [0, 0.1) is 5.41 Å². The first-order chi connectivity index (χ1) is 7.69. The van der Waals surface area contributed by atoms with Gasteiger partial charge in [-0.25, -0.2) is 0 Å². The van der Waals surface area contributed by atoms with Gasteiger partial charge >= 0.3 is 0 Å². The highest BCUT2D eigenvalue weighted by molar-refractivity contribution is 5.77. The first kappa shape index (κ1) is 11.9. The first-order valence-corrected chi connectivity index (χ1v) is 6.30. The molecule has 92 valence electrons. The molecular weight excluding hydrogens is 204 g/mol. The Morgan fingerprint density at radius 3 is 2.38 bits per heavy atom. The summed E-state index contributed by atoms with van der Waals surface area (Å²) in [5, 5.41) is 8.82. The molecule has 2 fully saturated rings. The predicted molar refractivity (Wildman–Crippen MR) is 62.1 cm³/mol. The van der Waals surface area contributed by atoms with Crippen LogP contribution in [0.3, 0.4) is 0 Å². The van der Waals surface area contributed by atoms with Gasteiger partial charge in [0.1, 0.15) is 6.61 Å². The fraction of sp³-hybridized carbons (Fsp3) is 0.917. The van der Waals surface area contributed by atoms with E-state index in [1.54, 1.807) is 4.90 Å². The molecule has 4 nitrogen and oxygen atoms in total. The summed E-state index contributed by atoms with van der Waals surface area (Å²) in [6, 6.07) is 0. The zero-order chi connectivity index (χ0) is 11.6. The maximum Gasteiger partial charge on any atom is 0.248 e. The lowest BCUT2D eigenvalue weighted by atomic mass is 9.78. The van der Waals surface area contributed by atoms with E-state index < -0.39 is 0 Å². The van der Waals surface area contributed by atoms with Crippen molar-refractivity contribution in [3.8, 4) is 0 Å². The number of rotatable bonds is 2. The van der Waals surface area contributed by atoms with E-state index in [1.165, 1.54) is 19.5 Å². The minimum atomic E-state index is -0.339. The highest BCUT2D eigenvalue weighted by Gasteiger charge is 2.40. The number of likely N-dealkylation sites (tertiary alicyclic amines) is 2. The highest BCUT2D eigenvalue weighted by Crippen LogP contribution is 2.40. The minimum Gasteiger partial charge on any atom is -0.387 e. The molecule has 0 aromatic rings. The Balaban J connectivity index is 1.87. The Morgan fingerprint density at radius 1 is 1.25 bits per heavy atom. The van der Waals surface area contributed by atoms with E-state index in [9.17, 15) is 4.79 Å². The van der Waals surface area contributed by atoms with Crippen LogP contribution in [0.4, 0.5) is 0 Å². The Bertz CT molecular complexity index is 260. The molecule has 1 spiro atoms. The number of carbonyl (C=O) groups is 1. The Morgan fingerprint density at radius 2 is 1.88 bits per heavy atom. The van der Waals surface area contributed by atoms with Gasteiger partial charge in [-0.15, -0.1) is 0 Å². The number of piperidine rings is 1. The quantitative estimate of drug-likeness (QED) is 0.737. The van der Waals surface area contributed by atoms with Crippen LogP contribution in [0.1, 0.15) is 26.2 Å². The van der Waals surface area contributed by atoms with Gasteiger partial charge in [0.2, 0.25) is 5.91 Å². The third-order valence-electron chi connectivity index (χ3n) is 4.28. The molecule has 16 heavy (non-hydrogen) atoms. The summed E-state index contributed by atoms with van der Waals surface area (Å²) in [6.45, 7) is 7.08. The third-order valence-corrected chi connectivity index (χ3v) is 4.28. The molecule has 2 aliphatic rings. The molecule has 1 N–H and O–H groups in total. The molecule has 0 radical (unpaired) electrons. The average Bonchev–Trinajstić information content (AvgIpc) is 2.73. The van der Waals surface area contributed by atoms with E-state index in [0.717, 1.165) is 32.5 Å². The fourth-order valence-corrected chi connectivity index (χ4v) is 3.04. The molecule has 0 aromatic carbocycles. The number of aliphatic hydroxyl groups excluding tert-OH is 1. The summed E-state index contributed by atoms with van der Waals surface area (Å²) >= 11 is 0. The maximum absolute atomic E-state index is 11.4. The number of amides is 1. The van der Waals surface area contributed by atoms with E-state index in [0.29, 0.717) is 5.41 Å². The molecule has 0 saturated carbocycles. The van der Waals surface area contributed by atoms with Gasteiger partial charge in [0.05, 0.1) is 0 Å². The zero-order valence-corrected chi connectivity index (χ0v) is 10.1. The molecule has 0 aliphatic carbocycles. The largest absolute Gasteiger partial charge is 0.387 e. The first-order valence-electron chi connectivity index (χ1n) is 6.30. The molecule has 2 saturated heterocycles. The molecule has 0 atom stereocenters. The SMILES string of the molecule is CCN1CCC2(CCN(C(=O)CO)CC2)C1. The molecule has 0 unspecified atom stereocenters. The zero-order valence-electron chi connectivity index (χ0n) is 10.1. The molecule has 2 heterocycles. The Hall–Kier alpha value is -0.610. The second-order valence-electron chi connectivity index (χ2n) is 5.16. The van der Waals surface area contributed by atoms with Crippen molar-refractivity contribution in [2.45, 2.75) is 26.2 Å². The van der Waals surface area contributed by atoms with E-state index in [4.69, 9.17) is 5.11 Å². The van der Waals surface area contributed by atoms with Crippen molar-refractivity contribution in [2.75, 3.05) is 39.3 Å². The van der Waals surface area contributed by atoms with Crippen molar-refractivity contribution in [2.24, 2.45) is 5.41 Å². The number of hydrogen-bond donors (Lipinski definition) is 1. The summed E-state index contributed by atoms with van der Waals surface area (Å²) in [4.78, 5) is 15.7. The molecule has 0 bridgehead atoms. The van der Waals surface area contributed by atoms with Crippen LogP contribution in [0.2, 0.25) is 0 Å². The van der Waals surface area contributed by atoms with Crippen molar-refractivity contribution >= 4 is 5.91 Å². The van der Waals surface area contributed by atoms with Gasteiger partial charge in [-0.3, -0.25) is 4.79 Å². The van der Waals surface area contributed by atoms with E-state index in [2.05, 4.69) is 11.8 Å². The summed E-state index contributed by atoms with van der Waals surface area (Å²) in [5.74, 6) is -0.111. The van der Waals surface area contributed by atoms with Crippen LogP contribution in [0.5, 0.6) is 0 Å². The summed E-state index contributed by atoms with van der Waals surface area (Å²) in [6.07, 6.45) is 3.49. The van der Waals surface area contributed by atoms with Crippen molar-refractivity contribution in [3.63, 3.8) is 0 Å². The van der Waals surface area contributed by atoms with Crippen molar-refractivity contribution in [3.05, 3.63) is 0 Å². The van der Waals surface area contributed by atoms with E-state index >= 15 is 0 Å². The number of carbonyl (C=O) groups excluding carboxylic acids is 1. The van der Waals surface area contributed by atoms with Gasteiger partial charge in [0.25, 0.3) is 0 Å². The second kappa shape index (κ2) is 4.72. The van der Waals surface area contributed by atoms with Gasteiger partial charge in [-0.05, 0) is 37.8 Å². The lowest BCUT2D eigenvalue weighted by Gasteiger charge is -2.39. The lowest BCUT2D eigenvalue weighted by molar-refractivity contribution is -0.136. The number of nitrogens with zero attached hydrogens (tertiary/aromatic N) is 2. The summed E-state index contributed by atoms with van der Waals surface area (Å²) < 4.78 is 0. The van der Waals surface area contributed by atoms with E-state index in [1.807, 2.05) is 0 Å². The van der Waals surface area contributed by atoms with Gasteiger partial charge < -0.3 is 14.9 Å². The number of hydrogen-bond acceptors (Lipinski definition) is 3. The second-order valence-corrected chi connectivity index (χ2v) is 5.16. The third kappa shape index (κ3) is 2.23. The van der Waals surface area contributed by atoms with Crippen molar-refractivity contribution in [1.82, 2.24) is 9.80 Å². The van der Waals surface area contributed by atoms with Crippen LogP contribution in [-0.2, 0) is 4.79 Å². The monoisotopic (exact) mass is 226 g/mol. The van der Waals surface area contributed by atoms with Crippen LogP contribution in [0.25, 0.3) is 0 Å².